The molecule has 1 aliphatic rings. The highest BCUT2D eigenvalue weighted by Gasteiger charge is 2.32. The smallest absolute Gasteiger partial charge is 0.243 e. The minimum Gasteiger partial charge on any atom is -0.345 e. The summed E-state index contributed by atoms with van der Waals surface area (Å²) in [5, 5.41) is 2.65. The predicted molar refractivity (Wildman–Crippen MR) is 72.2 cm³/mol. The molecule has 0 bridgehead atoms. The average molecular weight is 254 g/mol. The van der Waals surface area contributed by atoms with Crippen LogP contribution in [-0.4, -0.2) is 35.8 Å². The van der Waals surface area contributed by atoms with Gasteiger partial charge in [0.1, 0.15) is 6.04 Å². The minimum atomic E-state index is -0.248. The number of nitrogens with one attached hydrogen (secondary N) is 1. The Hall–Kier alpha value is -1.06. The highest BCUT2D eigenvalue weighted by atomic mass is 16.2. The van der Waals surface area contributed by atoms with Crippen molar-refractivity contribution in [3.05, 3.63) is 0 Å². The van der Waals surface area contributed by atoms with Gasteiger partial charge in [0, 0.05) is 6.54 Å². The number of carbonyl (C=O) groups excluding carboxylic acids is 2. The van der Waals surface area contributed by atoms with Gasteiger partial charge in [0.2, 0.25) is 11.8 Å². The zero-order chi connectivity index (χ0) is 13.4. The third kappa shape index (κ3) is 4.31. The lowest BCUT2D eigenvalue weighted by Crippen LogP contribution is -2.58. The minimum absolute atomic E-state index is 0.00285. The van der Waals surface area contributed by atoms with Gasteiger partial charge in [0.25, 0.3) is 0 Å². The van der Waals surface area contributed by atoms with Crippen molar-refractivity contribution in [1.82, 2.24) is 10.2 Å². The molecule has 1 heterocycles. The van der Waals surface area contributed by atoms with Crippen LogP contribution in [0.4, 0.5) is 0 Å². The zero-order valence-electron chi connectivity index (χ0n) is 11.7. The van der Waals surface area contributed by atoms with Crippen LogP contribution >= 0.6 is 0 Å². The van der Waals surface area contributed by atoms with Gasteiger partial charge in [-0.1, -0.05) is 46.0 Å². The van der Waals surface area contributed by atoms with Gasteiger partial charge < -0.3 is 10.2 Å². The molecule has 0 aromatic carbocycles. The van der Waals surface area contributed by atoms with Crippen molar-refractivity contribution in [2.45, 2.75) is 64.8 Å². The molecule has 104 valence electrons. The molecule has 0 spiro atoms. The molecule has 1 rings (SSSR count). The first-order valence-electron chi connectivity index (χ1n) is 7.27. The number of hydrogen-bond donors (Lipinski definition) is 1. The number of unbranched alkanes of at least 4 members (excludes halogenated alkanes) is 5. The molecule has 0 aromatic heterocycles. The molecule has 1 aliphatic heterocycles. The number of piperazine rings is 1. The lowest BCUT2D eigenvalue weighted by Gasteiger charge is -2.34. The van der Waals surface area contributed by atoms with E-state index in [-0.39, 0.29) is 24.4 Å². The summed E-state index contributed by atoms with van der Waals surface area (Å²) < 4.78 is 0. The maximum Gasteiger partial charge on any atom is 0.243 e. The van der Waals surface area contributed by atoms with Crippen LogP contribution in [0.3, 0.4) is 0 Å². The molecule has 2 amide bonds. The molecule has 18 heavy (non-hydrogen) atoms. The molecular formula is C14H26N2O2. The van der Waals surface area contributed by atoms with Crippen LogP contribution in [-0.2, 0) is 9.59 Å². The van der Waals surface area contributed by atoms with Gasteiger partial charge in [-0.3, -0.25) is 9.59 Å². The summed E-state index contributed by atoms with van der Waals surface area (Å²) in [7, 11) is 0. The Labute approximate surface area is 110 Å². The van der Waals surface area contributed by atoms with Crippen LogP contribution in [0, 0.1) is 0 Å². The summed E-state index contributed by atoms with van der Waals surface area (Å²) >= 11 is 0. The van der Waals surface area contributed by atoms with E-state index < -0.39 is 0 Å². The van der Waals surface area contributed by atoms with Crippen molar-refractivity contribution in [1.29, 1.82) is 0 Å². The van der Waals surface area contributed by atoms with Gasteiger partial charge in [-0.05, 0) is 12.8 Å². The molecule has 4 heteroatoms. The fourth-order valence-corrected chi connectivity index (χ4v) is 2.45. The summed E-state index contributed by atoms with van der Waals surface area (Å²) in [4.78, 5) is 25.2. The Bertz CT molecular complexity index is 279. The van der Waals surface area contributed by atoms with Crippen LogP contribution in [0.5, 0.6) is 0 Å². The van der Waals surface area contributed by atoms with Crippen molar-refractivity contribution >= 4 is 11.8 Å². The van der Waals surface area contributed by atoms with Gasteiger partial charge >= 0.3 is 0 Å². The summed E-state index contributed by atoms with van der Waals surface area (Å²) in [6, 6.07) is -0.248. The summed E-state index contributed by atoms with van der Waals surface area (Å²) in [6.45, 7) is 5.07. The second-order valence-corrected chi connectivity index (χ2v) is 5.00. The fraction of sp³-hybridized carbons (Fsp3) is 0.857. The highest BCUT2D eigenvalue weighted by Crippen LogP contribution is 2.12. The topological polar surface area (TPSA) is 49.4 Å². The van der Waals surface area contributed by atoms with Crippen LogP contribution in [0.1, 0.15) is 58.8 Å². The second-order valence-electron chi connectivity index (χ2n) is 5.00. The Balaban J connectivity index is 2.29. The molecule has 1 saturated heterocycles. The predicted octanol–water partition coefficient (Wildman–Crippen LogP) is 2.08. The number of amides is 2. The molecule has 1 atom stereocenters. The summed E-state index contributed by atoms with van der Waals surface area (Å²) in [5.74, 6) is 0.0677. The quantitative estimate of drug-likeness (QED) is 0.674. The monoisotopic (exact) mass is 254 g/mol. The third-order valence-electron chi connectivity index (χ3n) is 3.55. The van der Waals surface area contributed by atoms with E-state index in [9.17, 15) is 9.59 Å². The van der Waals surface area contributed by atoms with Crippen molar-refractivity contribution in [3.63, 3.8) is 0 Å². The Kier molecular flexibility index (Phi) is 6.76. The molecule has 1 N–H and O–H groups in total. The van der Waals surface area contributed by atoms with E-state index in [1.165, 1.54) is 25.7 Å². The first-order chi connectivity index (χ1) is 8.70. The van der Waals surface area contributed by atoms with E-state index >= 15 is 0 Å². The van der Waals surface area contributed by atoms with E-state index in [0.717, 1.165) is 19.4 Å². The van der Waals surface area contributed by atoms with Crippen molar-refractivity contribution in [3.8, 4) is 0 Å². The van der Waals surface area contributed by atoms with Crippen LogP contribution in [0.25, 0.3) is 0 Å². The molecule has 4 nitrogen and oxygen atoms in total. The molecular weight excluding hydrogens is 228 g/mol. The average Bonchev–Trinajstić information content (AvgIpc) is 2.37. The first-order valence-corrected chi connectivity index (χ1v) is 7.27. The molecule has 0 aliphatic carbocycles. The number of rotatable bonds is 8. The number of nitrogens with zero attached hydrogens (tertiary/aromatic N) is 1. The van der Waals surface area contributed by atoms with Crippen molar-refractivity contribution in [2.24, 2.45) is 0 Å². The maximum absolute atomic E-state index is 11.8. The molecule has 1 fully saturated rings. The van der Waals surface area contributed by atoms with Gasteiger partial charge in [-0.2, -0.15) is 0 Å². The van der Waals surface area contributed by atoms with E-state index in [0.29, 0.717) is 6.42 Å². The maximum atomic E-state index is 11.8. The second kappa shape index (κ2) is 8.11. The summed E-state index contributed by atoms with van der Waals surface area (Å²) in [6.07, 6.45) is 7.93. The Morgan fingerprint density at radius 1 is 1.11 bits per heavy atom. The lowest BCUT2D eigenvalue weighted by molar-refractivity contribution is -0.145. The SMILES string of the molecule is CCCCCCCCN1C(=O)CNC(=O)C1CC. The zero-order valence-corrected chi connectivity index (χ0v) is 11.7. The lowest BCUT2D eigenvalue weighted by atomic mass is 10.1. The third-order valence-corrected chi connectivity index (χ3v) is 3.55. The number of hydrogen-bond acceptors (Lipinski definition) is 2. The molecule has 0 radical (unpaired) electrons. The largest absolute Gasteiger partial charge is 0.345 e. The Morgan fingerprint density at radius 2 is 1.78 bits per heavy atom. The fourth-order valence-electron chi connectivity index (χ4n) is 2.45. The first kappa shape index (κ1) is 15.0. The van der Waals surface area contributed by atoms with Crippen LogP contribution in [0.2, 0.25) is 0 Å². The van der Waals surface area contributed by atoms with Crippen molar-refractivity contribution < 1.29 is 9.59 Å². The van der Waals surface area contributed by atoms with E-state index in [1.54, 1.807) is 4.90 Å². The normalized spacial score (nSPS) is 20.1. The number of carbonyl (C=O) groups is 2. The van der Waals surface area contributed by atoms with Crippen LogP contribution < -0.4 is 5.32 Å². The van der Waals surface area contributed by atoms with Gasteiger partial charge in [0.05, 0.1) is 6.54 Å². The Morgan fingerprint density at radius 3 is 2.44 bits per heavy atom. The van der Waals surface area contributed by atoms with E-state index in [1.807, 2.05) is 6.92 Å². The van der Waals surface area contributed by atoms with E-state index in [2.05, 4.69) is 12.2 Å². The van der Waals surface area contributed by atoms with Crippen LogP contribution in [0.15, 0.2) is 0 Å². The van der Waals surface area contributed by atoms with Gasteiger partial charge in [-0.25, -0.2) is 0 Å². The van der Waals surface area contributed by atoms with Crippen molar-refractivity contribution in [2.75, 3.05) is 13.1 Å². The highest BCUT2D eigenvalue weighted by molar-refractivity contribution is 5.94. The van der Waals surface area contributed by atoms with Gasteiger partial charge in [0.15, 0.2) is 0 Å². The van der Waals surface area contributed by atoms with Gasteiger partial charge in [-0.15, -0.1) is 0 Å². The molecule has 0 saturated carbocycles. The standard InChI is InChI=1S/C14H26N2O2/c1-3-5-6-7-8-9-10-16-12(4-2)14(18)15-11-13(16)17/h12H,3-11H2,1-2H3,(H,15,18). The molecule has 1 unspecified atom stereocenters. The summed E-state index contributed by atoms with van der Waals surface area (Å²) in [5.41, 5.74) is 0. The van der Waals surface area contributed by atoms with E-state index in [4.69, 9.17) is 0 Å². The molecule has 0 aromatic rings.